The maximum Gasteiger partial charge on any atom is 0.507 e. The molecule has 0 aromatic rings. The van der Waals surface area contributed by atoms with E-state index in [1.165, 1.54) is 7.11 Å². The highest BCUT2D eigenvalue weighted by Crippen LogP contribution is 2.12. The zero-order valence-electron chi connectivity index (χ0n) is 7.72. The molecule has 3 nitrogen and oxygen atoms in total. The lowest BCUT2D eigenvalue weighted by Crippen LogP contribution is -2.18. The fourth-order valence-electron chi connectivity index (χ4n) is 0.707. The summed E-state index contributed by atoms with van der Waals surface area (Å²) in [6.07, 6.45) is -0.126. The van der Waals surface area contributed by atoms with Gasteiger partial charge in [0.1, 0.15) is 0 Å². The molecule has 0 saturated carbocycles. The number of hydrogen-bond donors (Lipinski definition) is 0. The van der Waals surface area contributed by atoms with E-state index in [1.807, 2.05) is 0 Å². The van der Waals surface area contributed by atoms with Crippen LogP contribution >= 0.6 is 0 Å². The highest BCUT2D eigenvalue weighted by atomic mass is 28.4. The lowest BCUT2D eigenvalue weighted by atomic mass is 10.5. The molecule has 5 heteroatoms. The van der Waals surface area contributed by atoms with E-state index in [9.17, 15) is 8.90 Å². The average Bonchev–Trinajstić information content (AvgIpc) is 1.96. The number of carbonyl (C=O) groups excluding carboxylic acids is 1. The Morgan fingerprint density at radius 3 is 2.50 bits per heavy atom. The zero-order chi connectivity index (χ0) is 9.61. The van der Waals surface area contributed by atoms with Crippen molar-refractivity contribution >= 4 is 14.6 Å². The molecule has 0 bridgehead atoms. The van der Waals surface area contributed by atoms with Crippen LogP contribution in [0.2, 0.25) is 19.1 Å². The molecule has 0 rings (SSSR count). The zero-order valence-corrected chi connectivity index (χ0v) is 8.72. The van der Waals surface area contributed by atoms with E-state index in [2.05, 4.69) is 9.47 Å². The molecule has 0 aromatic carbocycles. The van der Waals surface area contributed by atoms with E-state index < -0.39 is 14.6 Å². The molecule has 0 aromatic heterocycles. The highest BCUT2D eigenvalue weighted by molar-refractivity contribution is 6.70. The van der Waals surface area contributed by atoms with E-state index >= 15 is 0 Å². The molecule has 0 atom stereocenters. The molecule has 0 aliphatic carbocycles. The van der Waals surface area contributed by atoms with E-state index in [4.69, 9.17) is 0 Å². The van der Waals surface area contributed by atoms with Crippen molar-refractivity contribution in [2.75, 3.05) is 13.7 Å². The monoisotopic (exact) mass is 194 g/mol. The normalized spacial score (nSPS) is 11.0. The van der Waals surface area contributed by atoms with Gasteiger partial charge in [0.2, 0.25) is 8.41 Å². The molecule has 0 amide bonds. The van der Waals surface area contributed by atoms with E-state index in [0.29, 0.717) is 12.5 Å². The Morgan fingerprint density at radius 2 is 2.08 bits per heavy atom. The predicted molar refractivity (Wildman–Crippen MR) is 46.4 cm³/mol. The fourth-order valence-corrected chi connectivity index (χ4v) is 1.69. The van der Waals surface area contributed by atoms with E-state index in [-0.39, 0.29) is 6.61 Å². The van der Waals surface area contributed by atoms with E-state index in [1.54, 1.807) is 13.1 Å². The standard InChI is InChI=1S/C7H15FO3Si/c1-10-7(9)11-5-4-6-12(2,3)8/h4-6H2,1-3H3. The second-order valence-corrected chi connectivity index (χ2v) is 7.06. The van der Waals surface area contributed by atoms with Crippen LogP contribution in [0, 0.1) is 0 Å². The average molecular weight is 194 g/mol. The lowest BCUT2D eigenvalue weighted by molar-refractivity contribution is 0.0727. The second kappa shape index (κ2) is 5.13. The first-order valence-electron chi connectivity index (χ1n) is 3.85. The molecule has 0 radical (unpaired) electrons. The second-order valence-electron chi connectivity index (χ2n) is 3.12. The Balaban J connectivity index is 3.28. The van der Waals surface area contributed by atoms with Gasteiger partial charge in [-0.1, -0.05) is 0 Å². The largest absolute Gasteiger partial charge is 0.507 e. The van der Waals surface area contributed by atoms with Crippen LogP contribution in [0.25, 0.3) is 0 Å². The van der Waals surface area contributed by atoms with Crippen LogP contribution < -0.4 is 0 Å². The van der Waals surface area contributed by atoms with Crippen molar-refractivity contribution < 1.29 is 18.4 Å². The SMILES string of the molecule is COC(=O)OCCC[Si](C)(C)F. The topological polar surface area (TPSA) is 35.5 Å². The summed E-state index contributed by atoms with van der Waals surface area (Å²) in [5, 5.41) is 0. The summed E-state index contributed by atoms with van der Waals surface area (Å²) >= 11 is 0. The first-order chi connectivity index (χ1) is 5.45. The molecule has 0 heterocycles. The number of halogens is 1. The maximum atomic E-state index is 13.0. The van der Waals surface area contributed by atoms with Gasteiger partial charge in [-0.2, -0.15) is 0 Å². The molecular weight excluding hydrogens is 179 g/mol. The fraction of sp³-hybridized carbons (Fsp3) is 0.857. The third kappa shape index (κ3) is 7.52. The molecule has 0 aliphatic rings. The number of methoxy groups -OCH3 is 1. The van der Waals surface area contributed by atoms with Crippen LogP contribution in [0.3, 0.4) is 0 Å². The maximum absolute atomic E-state index is 13.0. The minimum Gasteiger partial charge on any atom is -0.438 e. The summed E-state index contributed by atoms with van der Waals surface area (Å²) in [4.78, 5) is 10.4. The predicted octanol–water partition coefficient (Wildman–Crippen LogP) is 2.33. The molecule has 0 spiro atoms. The van der Waals surface area contributed by atoms with Crippen molar-refractivity contribution in [2.45, 2.75) is 25.6 Å². The van der Waals surface area contributed by atoms with E-state index in [0.717, 1.165) is 0 Å². The van der Waals surface area contributed by atoms with Crippen LogP contribution in [0.1, 0.15) is 6.42 Å². The molecule has 0 saturated heterocycles. The summed E-state index contributed by atoms with van der Waals surface area (Å²) in [6.45, 7) is 3.50. The summed E-state index contributed by atoms with van der Waals surface area (Å²) in [5.74, 6) is 0. The summed E-state index contributed by atoms with van der Waals surface area (Å²) < 4.78 is 21.8. The first kappa shape index (κ1) is 11.4. The third-order valence-electron chi connectivity index (χ3n) is 1.30. The lowest BCUT2D eigenvalue weighted by Gasteiger charge is -2.09. The number of ether oxygens (including phenoxy) is 2. The van der Waals surface area contributed by atoms with Crippen LogP contribution in [-0.4, -0.2) is 28.3 Å². The van der Waals surface area contributed by atoms with Crippen LogP contribution in [0.5, 0.6) is 0 Å². The quantitative estimate of drug-likeness (QED) is 0.298. The Morgan fingerprint density at radius 1 is 1.50 bits per heavy atom. The Labute approximate surface area is 73.0 Å². The Hall–Kier alpha value is -0.583. The molecule has 0 aliphatic heterocycles. The Kier molecular flexibility index (Phi) is 4.88. The highest BCUT2D eigenvalue weighted by Gasteiger charge is 2.19. The van der Waals surface area contributed by atoms with Gasteiger partial charge < -0.3 is 13.6 Å². The van der Waals surface area contributed by atoms with Gasteiger partial charge in [-0.05, 0) is 25.6 Å². The molecule has 12 heavy (non-hydrogen) atoms. The Bertz CT molecular complexity index is 144. The first-order valence-corrected chi connectivity index (χ1v) is 6.94. The minimum absolute atomic E-state index is 0.243. The van der Waals surface area contributed by atoms with Crippen molar-refractivity contribution in [3.05, 3.63) is 0 Å². The minimum atomic E-state index is -2.47. The summed E-state index contributed by atoms with van der Waals surface area (Å²) in [6, 6.07) is 0.518. The van der Waals surface area contributed by atoms with Crippen molar-refractivity contribution in [1.82, 2.24) is 0 Å². The number of carbonyl (C=O) groups is 1. The molecule has 0 N–H and O–H groups in total. The molecule has 0 fully saturated rings. The molecule has 0 unspecified atom stereocenters. The van der Waals surface area contributed by atoms with Crippen molar-refractivity contribution in [3.8, 4) is 0 Å². The molecule has 72 valence electrons. The summed E-state index contributed by atoms with van der Waals surface area (Å²) in [7, 11) is -1.23. The van der Waals surface area contributed by atoms with Crippen LogP contribution in [-0.2, 0) is 9.47 Å². The van der Waals surface area contributed by atoms with Gasteiger partial charge in [0.05, 0.1) is 13.7 Å². The van der Waals surface area contributed by atoms with Gasteiger partial charge in [0, 0.05) is 0 Å². The molecular formula is C7H15FO3Si. The van der Waals surface area contributed by atoms with Gasteiger partial charge in [-0.25, -0.2) is 4.79 Å². The van der Waals surface area contributed by atoms with Crippen LogP contribution in [0.15, 0.2) is 0 Å². The third-order valence-corrected chi connectivity index (χ3v) is 2.84. The smallest absolute Gasteiger partial charge is 0.438 e. The van der Waals surface area contributed by atoms with Gasteiger partial charge in [0.25, 0.3) is 0 Å². The number of hydrogen-bond acceptors (Lipinski definition) is 3. The number of rotatable bonds is 4. The van der Waals surface area contributed by atoms with Gasteiger partial charge in [-0.3, -0.25) is 0 Å². The van der Waals surface area contributed by atoms with Gasteiger partial charge >= 0.3 is 6.16 Å². The van der Waals surface area contributed by atoms with Crippen molar-refractivity contribution in [1.29, 1.82) is 0 Å². The van der Waals surface area contributed by atoms with Gasteiger partial charge in [0.15, 0.2) is 0 Å². The van der Waals surface area contributed by atoms with Crippen molar-refractivity contribution in [2.24, 2.45) is 0 Å². The van der Waals surface area contributed by atoms with Crippen LogP contribution in [0.4, 0.5) is 8.90 Å². The van der Waals surface area contributed by atoms with Crippen molar-refractivity contribution in [3.63, 3.8) is 0 Å². The summed E-state index contributed by atoms with van der Waals surface area (Å²) in [5.41, 5.74) is 0. The van der Waals surface area contributed by atoms with Gasteiger partial charge in [-0.15, -0.1) is 0 Å².